The molecule has 9 heteroatoms. The SMILES string of the molecule is O=C(NCc1nc(-c2ccncc2)n[nH]1)C1CCc2ncnn2C1. The van der Waals surface area contributed by atoms with Gasteiger partial charge in [0.15, 0.2) is 5.82 Å². The summed E-state index contributed by atoms with van der Waals surface area (Å²) in [6.45, 7) is 0.886. The second kappa shape index (κ2) is 6.19. The number of carbonyl (C=O) groups is 1. The van der Waals surface area contributed by atoms with E-state index in [1.807, 2.05) is 12.1 Å². The Hall–Kier alpha value is -3.10. The third kappa shape index (κ3) is 2.87. The number of rotatable bonds is 4. The van der Waals surface area contributed by atoms with Crippen molar-refractivity contribution in [2.45, 2.75) is 25.9 Å². The summed E-state index contributed by atoms with van der Waals surface area (Å²) in [6.07, 6.45) is 6.46. The van der Waals surface area contributed by atoms with Crippen LogP contribution in [0.2, 0.25) is 0 Å². The van der Waals surface area contributed by atoms with E-state index in [1.54, 1.807) is 17.1 Å². The van der Waals surface area contributed by atoms with E-state index in [-0.39, 0.29) is 11.8 Å². The topological polar surface area (TPSA) is 114 Å². The van der Waals surface area contributed by atoms with Crippen molar-refractivity contribution in [1.82, 2.24) is 40.2 Å². The van der Waals surface area contributed by atoms with Crippen molar-refractivity contribution < 1.29 is 4.79 Å². The predicted molar refractivity (Wildman–Crippen MR) is 83.3 cm³/mol. The van der Waals surface area contributed by atoms with Crippen LogP contribution in [0.3, 0.4) is 0 Å². The number of hydrogen-bond donors (Lipinski definition) is 2. The molecule has 0 saturated carbocycles. The summed E-state index contributed by atoms with van der Waals surface area (Å²) in [5.41, 5.74) is 0.879. The van der Waals surface area contributed by atoms with Crippen molar-refractivity contribution >= 4 is 5.91 Å². The highest BCUT2D eigenvalue weighted by Gasteiger charge is 2.25. The fraction of sp³-hybridized carbons (Fsp3) is 0.333. The first-order chi connectivity index (χ1) is 11.8. The molecule has 1 aliphatic heterocycles. The number of nitrogens with one attached hydrogen (secondary N) is 2. The Morgan fingerprint density at radius 3 is 3.12 bits per heavy atom. The molecule has 0 spiro atoms. The normalized spacial score (nSPS) is 16.6. The first-order valence-corrected chi connectivity index (χ1v) is 7.75. The van der Waals surface area contributed by atoms with Crippen LogP contribution in [0.5, 0.6) is 0 Å². The van der Waals surface area contributed by atoms with Gasteiger partial charge in [-0.25, -0.2) is 14.6 Å². The van der Waals surface area contributed by atoms with Crippen molar-refractivity contribution in [3.8, 4) is 11.4 Å². The number of amides is 1. The average Bonchev–Trinajstić information content (AvgIpc) is 3.29. The molecule has 2 N–H and O–H groups in total. The van der Waals surface area contributed by atoms with Crippen LogP contribution in [0, 0.1) is 5.92 Å². The summed E-state index contributed by atoms with van der Waals surface area (Å²) in [4.78, 5) is 24.9. The minimum absolute atomic E-state index is 0.00184. The number of fused-ring (bicyclic) bond motifs is 1. The number of H-pyrrole nitrogens is 1. The Morgan fingerprint density at radius 2 is 2.25 bits per heavy atom. The lowest BCUT2D eigenvalue weighted by atomic mass is 9.99. The summed E-state index contributed by atoms with van der Waals surface area (Å²) >= 11 is 0. The Balaban J connectivity index is 1.36. The van der Waals surface area contributed by atoms with Gasteiger partial charge in [0.05, 0.1) is 19.0 Å². The number of aryl methyl sites for hydroxylation is 1. The first-order valence-electron chi connectivity index (χ1n) is 7.75. The third-order valence-corrected chi connectivity index (χ3v) is 4.08. The third-order valence-electron chi connectivity index (χ3n) is 4.08. The van der Waals surface area contributed by atoms with Gasteiger partial charge in [-0.3, -0.25) is 14.9 Å². The summed E-state index contributed by atoms with van der Waals surface area (Å²) < 4.78 is 1.80. The zero-order valence-corrected chi connectivity index (χ0v) is 12.9. The van der Waals surface area contributed by atoms with Gasteiger partial charge in [-0.2, -0.15) is 10.2 Å². The molecule has 4 rings (SSSR count). The van der Waals surface area contributed by atoms with Crippen LogP contribution in [0.15, 0.2) is 30.9 Å². The van der Waals surface area contributed by atoms with Crippen LogP contribution in [0.4, 0.5) is 0 Å². The number of carbonyl (C=O) groups excluding carboxylic acids is 1. The second-order valence-electron chi connectivity index (χ2n) is 5.65. The highest BCUT2D eigenvalue weighted by molar-refractivity contribution is 5.78. The van der Waals surface area contributed by atoms with Gasteiger partial charge in [0.1, 0.15) is 18.0 Å². The molecule has 3 aromatic heterocycles. The minimum atomic E-state index is -0.0956. The molecule has 3 aromatic rings. The van der Waals surface area contributed by atoms with E-state index in [4.69, 9.17) is 0 Å². The fourth-order valence-electron chi connectivity index (χ4n) is 2.77. The molecule has 1 unspecified atom stereocenters. The lowest BCUT2D eigenvalue weighted by Crippen LogP contribution is -2.36. The van der Waals surface area contributed by atoms with Crippen LogP contribution < -0.4 is 5.32 Å². The second-order valence-corrected chi connectivity index (χ2v) is 5.65. The largest absolute Gasteiger partial charge is 0.349 e. The molecule has 122 valence electrons. The lowest BCUT2D eigenvalue weighted by Gasteiger charge is -2.21. The Morgan fingerprint density at radius 1 is 1.38 bits per heavy atom. The number of hydrogen-bond acceptors (Lipinski definition) is 6. The molecule has 0 aromatic carbocycles. The van der Waals surface area contributed by atoms with Gasteiger partial charge in [0.25, 0.3) is 0 Å². The molecule has 0 aliphatic carbocycles. The zero-order valence-electron chi connectivity index (χ0n) is 12.9. The zero-order chi connectivity index (χ0) is 16.4. The summed E-state index contributed by atoms with van der Waals surface area (Å²) in [7, 11) is 0. The average molecular weight is 324 g/mol. The highest BCUT2D eigenvalue weighted by atomic mass is 16.1. The fourth-order valence-corrected chi connectivity index (χ4v) is 2.77. The summed E-state index contributed by atoms with van der Waals surface area (Å²) in [5, 5.41) is 14.1. The monoisotopic (exact) mass is 324 g/mol. The van der Waals surface area contributed by atoms with Crippen LogP contribution in [0.1, 0.15) is 18.1 Å². The van der Waals surface area contributed by atoms with Crippen LogP contribution in [-0.4, -0.2) is 40.8 Å². The Labute approximate surface area is 137 Å². The molecule has 0 saturated heterocycles. The van der Waals surface area contributed by atoms with Gasteiger partial charge in [-0.05, 0) is 18.6 Å². The standard InChI is InChI=1S/C15H16N8O/c24-15(11-1-2-13-18-9-19-23(13)8-11)17-7-12-20-14(22-21-12)10-3-5-16-6-4-10/h3-6,9,11H,1-2,7-8H2,(H,17,24)(H,20,21,22). The molecule has 0 radical (unpaired) electrons. The van der Waals surface area contributed by atoms with Gasteiger partial charge in [-0.1, -0.05) is 0 Å². The Kier molecular flexibility index (Phi) is 3.73. The predicted octanol–water partition coefficient (Wildman–Crippen LogP) is 0.337. The van der Waals surface area contributed by atoms with Crippen molar-refractivity contribution in [2.75, 3.05) is 0 Å². The van der Waals surface area contributed by atoms with Gasteiger partial charge in [0.2, 0.25) is 5.91 Å². The molecule has 4 heterocycles. The molecule has 0 fully saturated rings. The molecule has 1 atom stereocenters. The molecule has 1 amide bonds. The van der Waals surface area contributed by atoms with E-state index in [0.29, 0.717) is 24.7 Å². The van der Waals surface area contributed by atoms with Crippen LogP contribution in [0.25, 0.3) is 11.4 Å². The quantitative estimate of drug-likeness (QED) is 0.715. The van der Waals surface area contributed by atoms with Gasteiger partial charge in [0, 0.05) is 24.4 Å². The van der Waals surface area contributed by atoms with E-state index >= 15 is 0 Å². The minimum Gasteiger partial charge on any atom is -0.349 e. The van der Waals surface area contributed by atoms with E-state index < -0.39 is 0 Å². The summed E-state index contributed by atoms with van der Waals surface area (Å²) in [6, 6.07) is 3.67. The molecule has 1 aliphatic rings. The first kappa shape index (κ1) is 14.5. The van der Waals surface area contributed by atoms with Gasteiger partial charge < -0.3 is 5.32 Å². The number of pyridine rings is 1. The Bertz CT molecular complexity index is 840. The molecule has 0 bridgehead atoms. The van der Waals surface area contributed by atoms with Crippen LogP contribution in [-0.2, 0) is 24.3 Å². The van der Waals surface area contributed by atoms with Crippen LogP contribution >= 0.6 is 0 Å². The summed E-state index contributed by atoms with van der Waals surface area (Å²) in [5.74, 6) is 2.05. The molecular formula is C15H16N8O. The van der Waals surface area contributed by atoms with Crippen molar-refractivity contribution in [2.24, 2.45) is 5.92 Å². The van der Waals surface area contributed by atoms with E-state index in [1.165, 1.54) is 6.33 Å². The smallest absolute Gasteiger partial charge is 0.225 e. The maximum Gasteiger partial charge on any atom is 0.225 e. The van der Waals surface area contributed by atoms with Crippen molar-refractivity contribution in [3.05, 3.63) is 42.5 Å². The van der Waals surface area contributed by atoms with E-state index in [0.717, 1.165) is 24.2 Å². The lowest BCUT2D eigenvalue weighted by molar-refractivity contribution is -0.126. The van der Waals surface area contributed by atoms with E-state index in [2.05, 4.69) is 35.6 Å². The van der Waals surface area contributed by atoms with Gasteiger partial charge >= 0.3 is 0 Å². The van der Waals surface area contributed by atoms with Gasteiger partial charge in [-0.15, -0.1) is 0 Å². The number of aromatic nitrogens is 7. The number of aromatic amines is 1. The number of nitrogens with zero attached hydrogens (tertiary/aromatic N) is 6. The molecule has 24 heavy (non-hydrogen) atoms. The highest BCUT2D eigenvalue weighted by Crippen LogP contribution is 2.18. The van der Waals surface area contributed by atoms with Crippen molar-refractivity contribution in [1.29, 1.82) is 0 Å². The maximum atomic E-state index is 12.3. The van der Waals surface area contributed by atoms with Crippen molar-refractivity contribution in [3.63, 3.8) is 0 Å². The maximum absolute atomic E-state index is 12.3. The van der Waals surface area contributed by atoms with E-state index in [9.17, 15) is 4.79 Å². The molecule has 9 nitrogen and oxygen atoms in total. The molecular weight excluding hydrogens is 308 g/mol.